The van der Waals surface area contributed by atoms with Crippen molar-refractivity contribution in [2.45, 2.75) is 33.7 Å². The van der Waals surface area contributed by atoms with Crippen LogP contribution in [0.4, 0.5) is 11.4 Å². The molecule has 0 saturated heterocycles. The van der Waals surface area contributed by atoms with Crippen molar-refractivity contribution in [2.75, 3.05) is 5.32 Å². The number of nitro groups is 1. The quantitative estimate of drug-likeness (QED) is 0.494. The number of nitro benzene ring substituents is 1. The van der Waals surface area contributed by atoms with Gasteiger partial charge >= 0.3 is 0 Å². The van der Waals surface area contributed by atoms with Gasteiger partial charge in [-0.2, -0.15) is 0 Å². The van der Waals surface area contributed by atoms with Crippen LogP contribution in [-0.4, -0.2) is 16.7 Å². The van der Waals surface area contributed by atoms with Crippen LogP contribution in [0.15, 0.2) is 18.2 Å². The van der Waals surface area contributed by atoms with E-state index in [-0.39, 0.29) is 17.5 Å². The molecule has 1 atom stereocenters. The fraction of sp³-hybridized carbons (Fsp3) is 0.462. The summed E-state index contributed by atoms with van der Waals surface area (Å²) in [6.07, 6.45) is 0. The van der Waals surface area contributed by atoms with Gasteiger partial charge in [-0.3, -0.25) is 14.9 Å². The minimum absolute atomic E-state index is 0.0600. The molecule has 0 aromatic heterocycles. The average Bonchev–Trinajstić information content (AvgIpc) is 2.28. The van der Waals surface area contributed by atoms with Crippen LogP contribution in [0.5, 0.6) is 0 Å². The molecule has 18 heavy (non-hydrogen) atoms. The first-order chi connectivity index (χ1) is 8.32. The van der Waals surface area contributed by atoms with Gasteiger partial charge in [0, 0.05) is 17.7 Å². The molecule has 5 nitrogen and oxygen atoms in total. The van der Waals surface area contributed by atoms with Crippen molar-refractivity contribution in [3.05, 3.63) is 33.9 Å². The van der Waals surface area contributed by atoms with Crippen molar-refractivity contribution in [3.8, 4) is 0 Å². The predicted octanol–water partition coefficient (Wildman–Crippen LogP) is 3.25. The minimum atomic E-state index is -0.470. The van der Waals surface area contributed by atoms with E-state index in [1.54, 1.807) is 12.1 Å². The summed E-state index contributed by atoms with van der Waals surface area (Å²) in [5, 5.41) is 14.1. The van der Waals surface area contributed by atoms with Crippen LogP contribution in [0.3, 0.4) is 0 Å². The number of anilines is 1. The van der Waals surface area contributed by atoms with Gasteiger partial charge in [-0.25, -0.2) is 0 Å². The van der Waals surface area contributed by atoms with E-state index in [4.69, 9.17) is 0 Å². The second-order valence-electron chi connectivity index (χ2n) is 4.72. The zero-order valence-corrected chi connectivity index (χ0v) is 11.1. The average molecular weight is 250 g/mol. The predicted molar refractivity (Wildman–Crippen MR) is 71.0 cm³/mol. The van der Waals surface area contributed by atoms with Gasteiger partial charge in [-0.15, -0.1) is 0 Å². The molecule has 0 fully saturated rings. The Morgan fingerprint density at radius 1 is 1.33 bits per heavy atom. The van der Waals surface area contributed by atoms with Crippen LogP contribution in [0.1, 0.15) is 38.1 Å². The lowest BCUT2D eigenvalue weighted by atomic mass is 10.0. The third kappa shape index (κ3) is 3.29. The zero-order chi connectivity index (χ0) is 13.9. The van der Waals surface area contributed by atoms with Crippen LogP contribution < -0.4 is 5.32 Å². The van der Waals surface area contributed by atoms with Crippen LogP contribution in [0.2, 0.25) is 0 Å². The first-order valence-electron chi connectivity index (χ1n) is 5.88. The van der Waals surface area contributed by atoms with Gasteiger partial charge in [0.05, 0.1) is 4.92 Å². The van der Waals surface area contributed by atoms with E-state index < -0.39 is 4.92 Å². The molecule has 0 saturated carbocycles. The Morgan fingerprint density at radius 2 is 1.94 bits per heavy atom. The Bertz CT molecular complexity index is 469. The lowest BCUT2D eigenvalue weighted by molar-refractivity contribution is -0.384. The molecule has 5 heteroatoms. The lowest BCUT2D eigenvalue weighted by Crippen LogP contribution is -2.22. The molecule has 1 N–H and O–H groups in total. The smallest absolute Gasteiger partial charge is 0.293 e. The second kappa shape index (κ2) is 5.62. The molecule has 0 aliphatic rings. The van der Waals surface area contributed by atoms with Gasteiger partial charge in [0.1, 0.15) is 5.69 Å². The van der Waals surface area contributed by atoms with E-state index in [1.165, 1.54) is 13.0 Å². The van der Waals surface area contributed by atoms with Crippen LogP contribution in [-0.2, 0) is 0 Å². The number of ketones is 1. The van der Waals surface area contributed by atoms with Crippen LogP contribution in [0, 0.1) is 16.0 Å². The topological polar surface area (TPSA) is 72.2 Å². The number of carbonyl (C=O) groups excluding carboxylic acids is 1. The molecule has 1 unspecified atom stereocenters. The van der Waals surface area contributed by atoms with Crippen molar-refractivity contribution >= 4 is 17.2 Å². The number of Topliss-reactive ketones (excluding diaryl/α,β-unsaturated/α-hetero) is 1. The van der Waals surface area contributed by atoms with Gasteiger partial charge in [0.25, 0.3) is 5.69 Å². The number of nitrogens with zero attached hydrogens (tertiary/aromatic N) is 1. The highest BCUT2D eigenvalue weighted by Crippen LogP contribution is 2.27. The number of nitrogens with one attached hydrogen (secondary N) is 1. The molecular weight excluding hydrogens is 232 g/mol. The molecule has 0 bridgehead atoms. The first-order valence-corrected chi connectivity index (χ1v) is 5.88. The summed E-state index contributed by atoms with van der Waals surface area (Å²) in [4.78, 5) is 21.8. The summed E-state index contributed by atoms with van der Waals surface area (Å²) in [6, 6.07) is 4.63. The Labute approximate surface area is 106 Å². The summed E-state index contributed by atoms with van der Waals surface area (Å²) in [5.41, 5.74) is 0.742. The maximum absolute atomic E-state index is 11.2. The minimum Gasteiger partial charge on any atom is -0.377 e. The van der Waals surface area contributed by atoms with E-state index in [0.29, 0.717) is 17.2 Å². The monoisotopic (exact) mass is 250 g/mol. The van der Waals surface area contributed by atoms with Crippen molar-refractivity contribution in [1.82, 2.24) is 0 Å². The lowest BCUT2D eigenvalue weighted by Gasteiger charge is -2.18. The molecule has 98 valence electrons. The molecule has 0 heterocycles. The van der Waals surface area contributed by atoms with Crippen LogP contribution in [0.25, 0.3) is 0 Å². The summed E-state index contributed by atoms with van der Waals surface area (Å²) in [6.45, 7) is 7.43. The molecule has 0 spiro atoms. The van der Waals surface area contributed by atoms with Gasteiger partial charge in [-0.1, -0.05) is 13.8 Å². The summed E-state index contributed by atoms with van der Waals surface area (Å²) >= 11 is 0. The second-order valence-corrected chi connectivity index (χ2v) is 4.72. The number of carbonyl (C=O) groups is 1. The highest BCUT2D eigenvalue weighted by Gasteiger charge is 2.18. The van der Waals surface area contributed by atoms with Crippen LogP contribution >= 0.6 is 0 Å². The molecule has 0 radical (unpaired) electrons. The van der Waals surface area contributed by atoms with Crippen molar-refractivity contribution in [1.29, 1.82) is 0 Å². The number of benzene rings is 1. The maximum Gasteiger partial charge on any atom is 0.293 e. The largest absolute Gasteiger partial charge is 0.377 e. The van der Waals surface area contributed by atoms with Gasteiger partial charge in [0.15, 0.2) is 5.78 Å². The summed E-state index contributed by atoms with van der Waals surface area (Å²) in [5.74, 6) is 0.179. The molecule has 1 aromatic rings. The highest BCUT2D eigenvalue weighted by molar-refractivity contribution is 5.95. The van der Waals surface area contributed by atoms with E-state index in [0.717, 1.165) is 0 Å². The summed E-state index contributed by atoms with van der Waals surface area (Å²) < 4.78 is 0. The Kier molecular flexibility index (Phi) is 4.42. The fourth-order valence-corrected chi connectivity index (χ4v) is 1.44. The molecule has 0 amide bonds. The number of hydrogen-bond acceptors (Lipinski definition) is 4. The normalized spacial score (nSPS) is 12.3. The highest BCUT2D eigenvalue weighted by atomic mass is 16.6. The first kappa shape index (κ1) is 14.2. The van der Waals surface area contributed by atoms with E-state index in [2.05, 4.69) is 5.32 Å². The van der Waals surface area contributed by atoms with Gasteiger partial charge in [-0.05, 0) is 31.9 Å². The van der Waals surface area contributed by atoms with Crippen molar-refractivity contribution in [2.24, 2.45) is 5.92 Å². The number of hydrogen-bond donors (Lipinski definition) is 1. The van der Waals surface area contributed by atoms with Crippen molar-refractivity contribution < 1.29 is 9.72 Å². The number of rotatable bonds is 5. The zero-order valence-electron chi connectivity index (χ0n) is 11.1. The van der Waals surface area contributed by atoms with Crippen molar-refractivity contribution in [3.63, 3.8) is 0 Å². The molecular formula is C13H18N2O3. The fourth-order valence-electron chi connectivity index (χ4n) is 1.44. The van der Waals surface area contributed by atoms with Gasteiger partial charge in [0.2, 0.25) is 0 Å². The molecule has 1 rings (SSSR count). The summed E-state index contributed by atoms with van der Waals surface area (Å²) in [7, 11) is 0. The Hall–Kier alpha value is -1.91. The molecule has 0 aliphatic carbocycles. The SMILES string of the molecule is CC(=O)c1ccc(NC(C)C(C)C)c([N+](=O)[O-])c1. The van der Waals surface area contributed by atoms with E-state index in [9.17, 15) is 14.9 Å². The third-order valence-corrected chi connectivity index (χ3v) is 2.98. The van der Waals surface area contributed by atoms with E-state index in [1.807, 2.05) is 20.8 Å². The Balaban J connectivity index is 3.12. The third-order valence-electron chi connectivity index (χ3n) is 2.98. The maximum atomic E-state index is 11.2. The standard InChI is InChI=1S/C13H18N2O3/c1-8(2)9(3)14-12-6-5-11(10(4)16)7-13(12)15(17)18/h5-9,14H,1-4H3. The molecule has 1 aromatic carbocycles. The Morgan fingerprint density at radius 3 is 2.39 bits per heavy atom. The van der Waals surface area contributed by atoms with E-state index >= 15 is 0 Å². The van der Waals surface area contributed by atoms with Gasteiger partial charge < -0.3 is 5.32 Å². The molecule has 0 aliphatic heterocycles.